The van der Waals surface area contributed by atoms with Crippen molar-refractivity contribution in [3.05, 3.63) is 27.7 Å². The number of hydrogen-bond donors (Lipinski definition) is 3. The molecule has 1 aliphatic heterocycles. The van der Waals surface area contributed by atoms with E-state index in [0.717, 1.165) is 19.5 Å². The van der Waals surface area contributed by atoms with Crippen LogP contribution in [-0.2, 0) is 0 Å². The lowest BCUT2D eigenvalue weighted by atomic mass is 10.1. The molecule has 6 heteroatoms. The van der Waals surface area contributed by atoms with Gasteiger partial charge in [0, 0.05) is 11.6 Å². The molecule has 1 fully saturated rings. The number of carbonyl (C=O) groups excluding carboxylic acids is 1. The number of nitrogens with one attached hydrogen (secondary N) is 2. The molecule has 3 N–H and O–H groups in total. The van der Waals surface area contributed by atoms with Gasteiger partial charge in [0.05, 0.1) is 10.6 Å². The predicted octanol–water partition coefficient (Wildman–Crippen LogP) is 2.04. The highest BCUT2D eigenvalue weighted by Gasteiger charge is 2.18. The normalized spacial score (nSPS) is 18.9. The maximum atomic E-state index is 11.9. The van der Waals surface area contributed by atoms with E-state index >= 15 is 0 Å². The van der Waals surface area contributed by atoms with Crippen molar-refractivity contribution in [1.82, 2.24) is 10.6 Å². The zero-order valence-corrected chi connectivity index (χ0v) is 11.2. The molecule has 0 saturated carbocycles. The number of halogens is 2. The van der Waals surface area contributed by atoms with Crippen molar-refractivity contribution in [2.45, 2.75) is 6.42 Å². The number of hydrogen-bond acceptors (Lipinski definition) is 3. The number of rotatable bonds is 3. The Morgan fingerprint density at radius 3 is 2.94 bits per heavy atom. The van der Waals surface area contributed by atoms with E-state index in [0.29, 0.717) is 17.5 Å². The van der Waals surface area contributed by atoms with Crippen LogP contribution in [0.3, 0.4) is 0 Å². The first-order valence-corrected chi connectivity index (χ1v) is 6.50. The molecule has 1 heterocycles. The summed E-state index contributed by atoms with van der Waals surface area (Å²) in [6.07, 6.45) is 1.04. The minimum absolute atomic E-state index is 0.0789. The average molecular weight is 289 g/mol. The predicted molar refractivity (Wildman–Crippen MR) is 71.4 cm³/mol. The van der Waals surface area contributed by atoms with Crippen LogP contribution in [0.15, 0.2) is 12.1 Å². The van der Waals surface area contributed by atoms with Gasteiger partial charge in [0.2, 0.25) is 0 Å². The maximum Gasteiger partial charge on any atom is 0.255 e. The molecule has 0 spiro atoms. The van der Waals surface area contributed by atoms with E-state index in [1.165, 1.54) is 12.1 Å². The van der Waals surface area contributed by atoms with Gasteiger partial charge in [0.1, 0.15) is 5.75 Å². The summed E-state index contributed by atoms with van der Waals surface area (Å²) in [5.41, 5.74) is 0.110. The fourth-order valence-electron chi connectivity index (χ4n) is 1.96. The van der Waals surface area contributed by atoms with Gasteiger partial charge in [-0.05, 0) is 37.6 Å². The second-order valence-corrected chi connectivity index (χ2v) is 5.20. The van der Waals surface area contributed by atoms with Crippen molar-refractivity contribution < 1.29 is 9.90 Å². The monoisotopic (exact) mass is 288 g/mol. The van der Waals surface area contributed by atoms with Crippen LogP contribution in [0.1, 0.15) is 16.8 Å². The smallest absolute Gasteiger partial charge is 0.255 e. The Bertz CT molecular complexity index is 460. The van der Waals surface area contributed by atoms with Gasteiger partial charge in [-0.1, -0.05) is 23.2 Å². The third-order valence-corrected chi connectivity index (χ3v) is 3.49. The molecule has 1 unspecified atom stereocenters. The molecule has 1 atom stereocenters. The van der Waals surface area contributed by atoms with Crippen LogP contribution >= 0.6 is 23.2 Å². The van der Waals surface area contributed by atoms with Gasteiger partial charge in [0.25, 0.3) is 5.91 Å². The first-order chi connectivity index (χ1) is 8.58. The zero-order chi connectivity index (χ0) is 13.1. The highest BCUT2D eigenvalue weighted by Crippen LogP contribution is 2.31. The Morgan fingerprint density at radius 1 is 1.50 bits per heavy atom. The number of aromatic hydroxyl groups is 1. The Kier molecular flexibility index (Phi) is 4.32. The van der Waals surface area contributed by atoms with Gasteiger partial charge in [-0.25, -0.2) is 0 Å². The van der Waals surface area contributed by atoms with E-state index in [2.05, 4.69) is 10.6 Å². The fraction of sp³-hybridized carbons (Fsp3) is 0.417. The third-order valence-electron chi connectivity index (χ3n) is 2.99. The summed E-state index contributed by atoms with van der Waals surface area (Å²) in [7, 11) is 0. The molecule has 0 aliphatic carbocycles. The van der Waals surface area contributed by atoms with E-state index in [9.17, 15) is 9.90 Å². The Labute approximate surface area is 115 Å². The lowest BCUT2D eigenvalue weighted by Crippen LogP contribution is -2.30. The highest BCUT2D eigenvalue weighted by molar-refractivity contribution is 6.36. The van der Waals surface area contributed by atoms with E-state index in [1.54, 1.807) is 0 Å². The van der Waals surface area contributed by atoms with Crippen molar-refractivity contribution >= 4 is 29.1 Å². The standard InChI is InChI=1S/C12H14Cl2N2O2/c13-8-3-9(11(17)10(14)4-8)12(18)16-6-7-1-2-15-5-7/h3-4,7,15,17H,1-2,5-6H2,(H,16,18). The largest absolute Gasteiger partial charge is 0.506 e. The van der Waals surface area contributed by atoms with Gasteiger partial charge < -0.3 is 15.7 Å². The van der Waals surface area contributed by atoms with Crippen molar-refractivity contribution in [1.29, 1.82) is 0 Å². The molecule has 1 amide bonds. The molecule has 1 saturated heterocycles. The summed E-state index contributed by atoms with van der Waals surface area (Å²) in [4.78, 5) is 11.9. The van der Waals surface area contributed by atoms with Crippen LogP contribution in [0.5, 0.6) is 5.75 Å². The van der Waals surface area contributed by atoms with E-state index in [4.69, 9.17) is 23.2 Å². The molecule has 18 heavy (non-hydrogen) atoms. The van der Waals surface area contributed by atoms with Gasteiger partial charge >= 0.3 is 0 Å². The maximum absolute atomic E-state index is 11.9. The van der Waals surface area contributed by atoms with E-state index in [-0.39, 0.29) is 22.2 Å². The number of carbonyl (C=O) groups is 1. The molecule has 1 aromatic carbocycles. The molecular formula is C12H14Cl2N2O2. The van der Waals surface area contributed by atoms with Crippen molar-refractivity contribution in [2.75, 3.05) is 19.6 Å². The summed E-state index contributed by atoms with van der Waals surface area (Å²) in [5, 5.41) is 16.1. The van der Waals surface area contributed by atoms with Gasteiger partial charge in [-0.2, -0.15) is 0 Å². The quantitative estimate of drug-likeness (QED) is 0.798. The van der Waals surface area contributed by atoms with Crippen molar-refractivity contribution in [3.63, 3.8) is 0 Å². The molecule has 98 valence electrons. The lowest BCUT2D eigenvalue weighted by Gasteiger charge is -2.11. The van der Waals surface area contributed by atoms with Gasteiger partial charge in [0.15, 0.2) is 0 Å². The molecule has 0 aromatic heterocycles. The Balaban J connectivity index is 2.04. The van der Waals surface area contributed by atoms with Crippen LogP contribution in [-0.4, -0.2) is 30.6 Å². The van der Waals surface area contributed by atoms with Crippen LogP contribution in [0.25, 0.3) is 0 Å². The summed E-state index contributed by atoms with van der Waals surface area (Å²) in [6, 6.07) is 2.81. The molecule has 1 aliphatic rings. The number of phenols is 1. The molecule has 0 radical (unpaired) electrons. The van der Waals surface area contributed by atoms with Crippen LogP contribution in [0.4, 0.5) is 0 Å². The zero-order valence-electron chi connectivity index (χ0n) is 9.67. The van der Waals surface area contributed by atoms with Crippen molar-refractivity contribution in [2.24, 2.45) is 5.92 Å². The second kappa shape index (κ2) is 5.78. The Hall–Kier alpha value is -0.970. The summed E-state index contributed by atoms with van der Waals surface area (Å²) in [5.74, 6) is -0.155. The third kappa shape index (κ3) is 3.07. The van der Waals surface area contributed by atoms with Crippen molar-refractivity contribution in [3.8, 4) is 5.75 Å². The minimum Gasteiger partial charge on any atom is -0.506 e. The SMILES string of the molecule is O=C(NCC1CCNC1)c1cc(Cl)cc(Cl)c1O. The molecule has 4 nitrogen and oxygen atoms in total. The lowest BCUT2D eigenvalue weighted by molar-refractivity contribution is 0.0945. The molecule has 0 bridgehead atoms. The number of amides is 1. The first-order valence-electron chi connectivity index (χ1n) is 5.75. The summed E-state index contributed by atoms with van der Waals surface area (Å²) in [6.45, 7) is 2.47. The molecule has 2 rings (SSSR count). The molecular weight excluding hydrogens is 275 g/mol. The minimum atomic E-state index is -0.358. The van der Waals surface area contributed by atoms with E-state index in [1.807, 2.05) is 0 Å². The Morgan fingerprint density at radius 2 is 2.28 bits per heavy atom. The first kappa shape index (κ1) is 13.5. The topological polar surface area (TPSA) is 61.4 Å². The van der Waals surface area contributed by atoms with Gasteiger partial charge in [-0.15, -0.1) is 0 Å². The highest BCUT2D eigenvalue weighted by atomic mass is 35.5. The average Bonchev–Trinajstić information content (AvgIpc) is 2.83. The number of benzene rings is 1. The van der Waals surface area contributed by atoms with Crippen LogP contribution in [0.2, 0.25) is 10.0 Å². The fourth-order valence-corrected chi connectivity index (χ4v) is 2.45. The van der Waals surface area contributed by atoms with Gasteiger partial charge in [-0.3, -0.25) is 4.79 Å². The molecule has 1 aromatic rings. The van der Waals surface area contributed by atoms with Crippen LogP contribution < -0.4 is 10.6 Å². The van der Waals surface area contributed by atoms with Crippen LogP contribution in [0, 0.1) is 5.92 Å². The van der Waals surface area contributed by atoms with E-state index < -0.39 is 0 Å². The summed E-state index contributed by atoms with van der Waals surface area (Å²) >= 11 is 11.6. The second-order valence-electron chi connectivity index (χ2n) is 4.35. The number of phenolic OH excluding ortho intramolecular Hbond substituents is 1. The summed E-state index contributed by atoms with van der Waals surface area (Å²) < 4.78 is 0.